The summed E-state index contributed by atoms with van der Waals surface area (Å²) in [5.74, 6) is 0.596. The van der Waals surface area contributed by atoms with Gasteiger partial charge in [0.2, 0.25) is 5.91 Å². The predicted octanol–water partition coefficient (Wildman–Crippen LogP) is 1.75. The highest BCUT2D eigenvalue weighted by atomic mass is 16.5. The molecule has 1 amide bonds. The molecule has 0 aliphatic carbocycles. The molecule has 0 saturated carbocycles. The molecule has 20 heavy (non-hydrogen) atoms. The third kappa shape index (κ3) is 5.09. The quantitative estimate of drug-likeness (QED) is 0.799. The summed E-state index contributed by atoms with van der Waals surface area (Å²) in [5, 5.41) is 12.9. The Labute approximate surface area is 120 Å². The Hall–Kier alpha value is -1.75. The van der Waals surface area contributed by atoms with Crippen molar-refractivity contribution >= 4 is 5.91 Å². The van der Waals surface area contributed by atoms with Gasteiger partial charge in [-0.3, -0.25) is 9.69 Å². The van der Waals surface area contributed by atoms with Gasteiger partial charge in [0.15, 0.2) is 11.5 Å². The van der Waals surface area contributed by atoms with E-state index in [1.54, 1.807) is 6.07 Å². The van der Waals surface area contributed by atoms with E-state index in [9.17, 15) is 9.90 Å². The molecular weight excluding hydrogens is 256 g/mol. The molecule has 0 aromatic heterocycles. The van der Waals surface area contributed by atoms with Crippen LogP contribution in [0.15, 0.2) is 18.2 Å². The van der Waals surface area contributed by atoms with Crippen LogP contribution >= 0.6 is 0 Å². The van der Waals surface area contributed by atoms with Crippen molar-refractivity contribution < 1.29 is 14.6 Å². The van der Waals surface area contributed by atoms with Gasteiger partial charge in [0.05, 0.1) is 13.2 Å². The second-order valence-electron chi connectivity index (χ2n) is 5.09. The van der Waals surface area contributed by atoms with Crippen LogP contribution in [0.1, 0.15) is 26.3 Å². The first kappa shape index (κ1) is 16.3. The minimum atomic E-state index is -0.0250. The van der Waals surface area contributed by atoms with Crippen LogP contribution < -0.4 is 10.1 Å². The van der Waals surface area contributed by atoms with Gasteiger partial charge in [-0.15, -0.1) is 0 Å². The summed E-state index contributed by atoms with van der Waals surface area (Å²) in [6.45, 7) is 7.00. The maximum atomic E-state index is 11.7. The topological polar surface area (TPSA) is 61.8 Å². The smallest absolute Gasteiger partial charge is 0.234 e. The van der Waals surface area contributed by atoms with E-state index in [0.717, 1.165) is 5.56 Å². The summed E-state index contributed by atoms with van der Waals surface area (Å²) in [6.07, 6.45) is 0. The van der Waals surface area contributed by atoms with Crippen molar-refractivity contribution in [1.29, 1.82) is 0 Å². The molecule has 5 heteroatoms. The van der Waals surface area contributed by atoms with E-state index in [-0.39, 0.29) is 24.2 Å². The van der Waals surface area contributed by atoms with Gasteiger partial charge in [0, 0.05) is 18.2 Å². The Bertz CT molecular complexity index is 447. The zero-order valence-corrected chi connectivity index (χ0v) is 12.6. The number of likely N-dealkylation sites (N-methyl/N-ethyl adjacent to an activating group) is 1. The van der Waals surface area contributed by atoms with Crippen LogP contribution in [0.2, 0.25) is 0 Å². The number of nitrogens with one attached hydrogen (secondary N) is 1. The van der Waals surface area contributed by atoms with Crippen LogP contribution in [0.4, 0.5) is 0 Å². The molecule has 2 N–H and O–H groups in total. The highest BCUT2D eigenvalue weighted by Gasteiger charge is 2.12. The Morgan fingerprint density at radius 2 is 2.15 bits per heavy atom. The van der Waals surface area contributed by atoms with Crippen molar-refractivity contribution in [2.75, 3.05) is 20.2 Å². The molecule has 0 aliphatic rings. The van der Waals surface area contributed by atoms with Gasteiger partial charge in [-0.25, -0.2) is 0 Å². The number of hydrogen-bond acceptors (Lipinski definition) is 4. The predicted molar refractivity (Wildman–Crippen MR) is 78.9 cm³/mol. The lowest BCUT2D eigenvalue weighted by Crippen LogP contribution is -2.38. The fraction of sp³-hybridized carbons (Fsp3) is 0.533. The lowest BCUT2D eigenvalue weighted by Gasteiger charge is -2.19. The molecule has 0 fully saturated rings. The lowest BCUT2D eigenvalue weighted by atomic mass is 10.1. The first-order chi connectivity index (χ1) is 9.43. The Morgan fingerprint density at radius 3 is 2.75 bits per heavy atom. The van der Waals surface area contributed by atoms with E-state index in [1.807, 2.05) is 44.9 Å². The summed E-state index contributed by atoms with van der Waals surface area (Å²) < 4.78 is 5.34. The molecule has 1 aromatic rings. The van der Waals surface area contributed by atoms with Gasteiger partial charge in [-0.1, -0.05) is 12.1 Å². The molecule has 0 bridgehead atoms. The van der Waals surface area contributed by atoms with E-state index in [2.05, 4.69) is 5.32 Å². The molecule has 0 unspecified atom stereocenters. The van der Waals surface area contributed by atoms with Crippen molar-refractivity contribution in [3.8, 4) is 11.5 Å². The monoisotopic (exact) mass is 280 g/mol. The number of carbonyl (C=O) groups excluding carboxylic acids is 1. The van der Waals surface area contributed by atoms with Crippen LogP contribution in [0.25, 0.3) is 0 Å². The summed E-state index contributed by atoms with van der Waals surface area (Å²) in [5.41, 5.74) is 0.746. The molecule has 0 aliphatic heterocycles. The first-order valence-corrected chi connectivity index (χ1v) is 6.85. The normalized spacial score (nSPS) is 10.9. The van der Waals surface area contributed by atoms with Gasteiger partial charge >= 0.3 is 0 Å². The number of benzene rings is 1. The van der Waals surface area contributed by atoms with Crippen molar-refractivity contribution in [3.05, 3.63) is 23.8 Å². The minimum absolute atomic E-state index is 0.0250. The molecule has 0 radical (unpaired) electrons. The maximum Gasteiger partial charge on any atom is 0.234 e. The Morgan fingerprint density at radius 1 is 1.45 bits per heavy atom. The highest BCUT2D eigenvalue weighted by Crippen LogP contribution is 2.30. The van der Waals surface area contributed by atoms with Crippen LogP contribution in [0.3, 0.4) is 0 Å². The van der Waals surface area contributed by atoms with Crippen molar-refractivity contribution in [2.24, 2.45) is 0 Å². The van der Waals surface area contributed by atoms with E-state index < -0.39 is 0 Å². The average molecular weight is 280 g/mol. The third-order valence-electron chi connectivity index (χ3n) is 2.69. The van der Waals surface area contributed by atoms with E-state index >= 15 is 0 Å². The molecule has 0 spiro atoms. The lowest BCUT2D eigenvalue weighted by molar-refractivity contribution is -0.122. The van der Waals surface area contributed by atoms with Gasteiger partial charge in [-0.05, 0) is 33.9 Å². The third-order valence-corrected chi connectivity index (χ3v) is 2.69. The molecule has 0 atom stereocenters. The number of para-hydroxylation sites is 1. The largest absolute Gasteiger partial charge is 0.504 e. The van der Waals surface area contributed by atoms with E-state index in [0.29, 0.717) is 18.9 Å². The highest BCUT2D eigenvalue weighted by molar-refractivity contribution is 5.78. The summed E-state index contributed by atoms with van der Waals surface area (Å²) >= 11 is 0. The fourth-order valence-corrected chi connectivity index (χ4v) is 1.93. The molecule has 1 aromatic carbocycles. The second kappa shape index (κ2) is 7.75. The first-order valence-electron chi connectivity index (χ1n) is 6.85. The summed E-state index contributed by atoms with van der Waals surface area (Å²) in [6, 6.07) is 5.52. The van der Waals surface area contributed by atoms with Crippen LogP contribution in [0, 0.1) is 0 Å². The van der Waals surface area contributed by atoms with Gasteiger partial charge in [0.1, 0.15) is 0 Å². The van der Waals surface area contributed by atoms with Gasteiger partial charge in [0.25, 0.3) is 0 Å². The number of aromatic hydroxyl groups is 1. The zero-order valence-electron chi connectivity index (χ0n) is 12.6. The number of hydrogen-bond donors (Lipinski definition) is 2. The number of nitrogens with zero attached hydrogens (tertiary/aromatic N) is 1. The molecule has 0 heterocycles. The molecule has 112 valence electrons. The van der Waals surface area contributed by atoms with Crippen molar-refractivity contribution in [2.45, 2.75) is 33.4 Å². The van der Waals surface area contributed by atoms with Crippen LogP contribution in [0.5, 0.6) is 11.5 Å². The minimum Gasteiger partial charge on any atom is -0.504 e. The average Bonchev–Trinajstić information content (AvgIpc) is 2.33. The number of carbonyl (C=O) groups is 1. The van der Waals surface area contributed by atoms with Gasteiger partial charge in [-0.2, -0.15) is 0 Å². The Balaban J connectivity index is 2.64. The standard InChI is InChI=1S/C15H24N2O3/c1-5-20-13-8-6-7-12(15(13)19)9-17(4)10-14(18)16-11(2)3/h6-8,11,19H,5,9-10H2,1-4H3,(H,16,18). The molecule has 0 saturated heterocycles. The van der Waals surface area contributed by atoms with Crippen molar-refractivity contribution in [3.63, 3.8) is 0 Å². The fourth-order valence-electron chi connectivity index (χ4n) is 1.93. The van der Waals surface area contributed by atoms with E-state index in [1.165, 1.54) is 0 Å². The number of amides is 1. The maximum absolute atomic E-state index is 11.7. The summed E-state index contributed by atoms with van der Waals surface area (Å²) in [4.78, 5) is 13.5. The second-order valence-corrected chi connectivity index (χ2v) is 5.09. The van der Waals surface area contributed by atoms with Crippen LogP contribution in [-0.4, -0.2) is 42.2 Å². The van der Waals surface area contributed by atoms with Crippen molar-refractivity contribution in [1.82, 2.24) is 10.2 Å². The van der Waals surface area contributed by atoms with Gasteiger partial charge < -0.3 is 15.2 Å². The number of phenols is 1. The summed E-state index contributed by atoms with van der Waals surface area (Å²) in [7, 11) is 1.84. The molecule has 5 nitrogen and oxygen atoms in total. The molecular formula is C15H24N2O3. The SMILES string of the molecule is CCOc1cccc(CN(C)CC(=O)NC(C)C)c1O. The van der Waals surface area contributed by atoms with Crippen LogP contribution in [-0.2, 0) is 11.3 Å². The van der Waals surface area contributed by atoms with E-state index in [4.69, 9.17) is 4.74 Å². The Kier molecular flexibility index (Phi) is 6.31. The molecule has 1 rings (SSSR count). The number of phenolic OH excluding ortho intramolecular Hbond substituents is 1. The zero-order chi connectivity index (χ0) is 15.1. The number of ether oxygens (including phenoxy) is 1. The number of rotatable bonds is 7.